The van der Waals surface area contributed by atoms with E-state index in [-0.39, 0.29) is 0 Å². The first-order valence-electron chi connectivity index (χ1n) is 8.49. The Morgan fingerprint density at radius 2 is 1.75 bits per heavy atom. The van der Waals surface area contributed by atoms with Crippen LogP contribution in [0.2, 0.25) is 0 Å². The van der Waals surface area contributed by atoms with Crippen LogP contribution >= 0.6 is 11.8 Å². The van der Waals surface area contributed by atoms with Crippen molar-refractivity contribution in [1.29, 1.82) is 0 Å². The number of thioether (sulfide) groups is 1. The van der Waals surface area contributed by atoms with E-state index >= 15 is 0 Å². The minimum Gasteiger partial charge on any atom is -0.385 e. The molecule has 4 fully saturated rings. The van der Waals surface area contributed by atoms with E-state index in [0.29, 0.717) is 5.41 Å². The van der Waals surface area contributed by atoms with Crippen molar-refractivity contribution in [3.63, 3.8) is 0 Å². The molecule has 0 aromatic heterocycles. The molecule has 0 aromatic carbocycles. The van der Waals surface area contributed by atoms with E-state index in [1.807, 2.05) is 0 Å². The van der Waals surface area contributed by atoms with Gasteiger partial charge >= 0.3 is 0 Å². The van der Waals surface area contributed by atoms with Gasteiger partial charge in [-0.1, -0.05) is 0 Å². The molecule has 4 aliphatic rings. The lowest BCUT2D eigenvalue weighted by atomic mass is 9.48. The third-order valence-electron chi connectivity index (χ3n) is 6.09. The highest BCUT2D eigenvalue weighted by atomic mass is 32.2. The number of methoxy groups -OCH3 is 1. The normalized spacial score (nSPS) is 40.2. The Bertz CT molecular complexity index is 285. The van der Waals surface area contributed by atoms with Crippen LogP contribution in [0.5, 0.6) is 0 Å². The Balaban J connectivity index is 1.55. The van der Waals surface area contributed by atoms with Gasteiger partial charge in [-0.2, -0.15) is 11.8 Å². The van der Waals surface area contributed by atoms with Crippen LogP contribution in [0.4, 0.5) is 0 Å². The monoisotopic (exact) mass is 297 g/mol. The predicted molar refractivity (Wildman–Crippen MR) is 87.3 cm³/mol. The quantitative estimate of drug-likeness (QED) is 0.692. The smallest absolute Gasteiger partial charge is 0.0470 e. The van der Waals surface area contributed by atoms with Crippen LogP contribution in [-0.4, -0.2) is 38.3 Å². The van der Waals surface area contributed by atoms with Gasteiger partial charge in [0.1, 0.15) is 0 Å². The molecule has 1 unspecified atom stereocenters. The molecular weight excluding hydrogens is 266 g/mol. The van der Waals surface area contributed by atoms with Crippen molar-refractivity contribution >= 4 is 11.8 Å². The standard InChI is InChI=1S/C17H31NOS/c1-18-16(12-20-5-3-4-19-2)17-9-13-6-14(10-17)8-15(7-13)11-17/h13-16,18H,3-12H2,1-2H3. The zero-order valence-electron chi connectivity index (χ0n) is 13.2. The zero-order valence-corrected chi connectivity index (χ0v) is 14.0. The fourth-order valence-corrected chi connectivity index (χ4v) is 6.92. The van der Waals surface area contributed by atoms with Gasteiger partial charge in [0.15, 0.2) is 0 Å². The van der Waals surface area contributed by atoms with Gasteiger partial charge in [-0.3, -0.25) is 0 Å². The average molecular weight is 298 g/mol. The maximum atomic E-state index is 5.15. The molecule has 2 nitrogen and oxygen atoms in total. The molecule has 20 heavy (non-hydrogen) atoms. The van der Waals surface area contributed by atoms with Gasteiger partial charge in [-0.05, 0) is 80.9 Å². The summed E-state index contributed by atoms with van der Waals surface area (Å²) in [6, 6.07) is 0.739. The Kier molecular flexibility index (Phi) is 4.99. The first kappa shape index (κ1) is 15.2. The highest BCUT2D eigenvalue weighted by Gasteiger charge is 2.53. The Morgan fingerprint density at radius 3 is 2.25 bits per heavy atom. The van der Waals surface area contributed by atoms with Gasteiger partial charge in [0.2, 0.25) is 0 Å². The number of hydrogen-bond donors (Lipinski definition) is 1. The largest absolute Gasteiger partial charge is 0.385 e. The minimum atomic E-state index is 0.651. The zero-order chi connectivity index (χ0) is 14.0. The predicted octanol–water partition coefficient (Wildman–Crippen LogP) is 3.56. The van der Waals surface area contributed by atoms with E-state index in [2.05, 4.69) is 24.1 Å². The van der Waals surface area contributed by atoms with E-state index in [0.717, 1.165) is 30.4 Å². The highest BCUT2D eigenvalue weighted by Crippen LogP contribution is 2.61. The fourth-order valence-electron chi connectivity index (χ4n) is 5.68. The number of rotatable bonds is 8. The molecule has 1 atom stereocenters. The summed E-state index contributed by atoms with van der Waals surface area (Å²) in [5, 5.41) is 3.70. The van der Waals surface area contributed by atoms with Crippen LogP contribution in [0.3, 0.4) is 0 Å². The molecule has 0 aliphatic heterocycles. The first-order valence-corrected chi connectivity index (χ1v) is 9.65. The van der Waals surface area contributed by atoms with Crippen molar-refractivity contribution in [2.75, 3.05) is 32.3 Å². The molecule has 3 heteroatoms. The van der Waals surface area contributed by atoms with Crippen LogP contribution in [0.25, 0.3) is 0 Å². The summed E-state index contributed by atoms with van der Waals surface area (Å²) < 4.78 is 5.15. The molecule has 0 spiro atoms. The van der Waals surface area contributed by atoms with E-state index in [1.165, 1.54) is 37.2 Å². The summed E-state index contributed by atoms with van der Waals surface area (Å²) in [6.07, 6.45) is 10.4. The second-order valence-electron chi connectivity index (χ2n) is 7.54. The topological polar surface area (TPSA) is 21.3 Å². The summed E-state index contributed by atoms with van der Waals surface area (Å²) >= 11 is 2.13. The second-order valence-corrected chi connectivity index (χ2v) is 8.69. The summed E-state index contributed by atoms with van der Waals surface area (Å²) in [4.78, 5) is 0. The minimum absolute atomic E-state index is 0.651. The molecular formula is C17H31NOS. The summed E-state index contributed by atoms with van der Waals surface area (Å²) in [6.45, 7) is 0.911. The molecule has 4 aliphatic carbocycles. The van der Waals surface area contributed by atoms with Gasteiger partial charge in [0.05, 0.1) is 0 Å². The molecule has 116 valence electrons. The molecule has 0 saturated heterocycles. The second kappa shape index (κ2) is 6.58. The summed E-state index contributed by atoms with van der Waals surface area (Å²) in [5.41, 5.74) is 0.651. The van der Waals surface area contributed by atoms with Crippen molar-refractivity contribution in [3.05, 3.63) is 0 Å². The average Bonchev–Trinajstić information content (AvgIpc) is 2.41. The van der Waals surface area contributed by atoms with Crippen molar-refractivity contribution in [3.8, 4) is 0 Å². The molecule has 1 N–H and O–H groups in total. The molecule has 0 aromatic rings. The van der Waals surface area contributed by atoms with E-state index < -0.39 is 0 Å². The Hall–Kier alpha value is 0.270. The van der Waals surface area contributed by atoms with Crippen LogP contribution in [0.15, 0.2) is 0 Å². The van der Waals surface area contributed by atoms with Gasteiger partial charge < -0.3 is 10.1 Å². The third kappa shape index (κ3) is 3.05. The summed E-state index contributed by atoms with van der Waals surface area (Å²) in [5.74, 6) is 5.74. The molecule has 0 radical (unpaired) electrons. The van der Waals surface area contributed by atoms with E-state index in [4.69, 9.17) is 4.74 Å². The van der Waals surface area contributed by atoms with Crippen molar-refractivity contribution < 1.29 is 4.74 Å². The maximum Gasteiger partial charge on any atom is 0.0470 e. The van der Waals surface area contributed by atoms with Crippen LogP contribution in [0.1, 0.15) is 44.9 Å². The molecule has 4 saturated carbocycles. The van der Waals surface area contributed by atoms with Crippen molar-refractivity contribution in [2.24, 2.45) is 23.2 Å². The SMILES string of the molecule is CNC(CSCCCOC)C12CC3CC(CC(C3)C1)C2. The van der Waals surface area contributed by atoms with Crippen LogP contribution < -0.4 is 5.32 Å². The Labute approximate surface area is 128 Å². The van der Waals surface area contributed by atoms with Crippen molar-refractivity contribution in [2.45, 2.75) is 51.0 Å². The lowest BCUT2D eigenvalue weighted by Gasteiger charge is -2.59. The maximum absolute atomic E-state index is 5.15. The van der Waals surface area contributed by atoms with Gasteiger partial charge in [-0.15, -0.1) is 0 Å². The molecule has 4 bridgehead atoms. The van der Waals surface area contributed by atoms with Crippen LogP contribution in [0, 0.1) is 23.2 Å². The van der Waals surface area contributed by atoms with Crippen LogP contribution in [-0.2, 0) is 4.74 Å². The van der Waals surface area contributed by atoms with E-state index in [9.17, 15) is 0 Å². The number of ether oxygens (including phenoxy) is 1. The fraction of sp³-hybridized carbons (Fsp3) is 1.00. The highest BCUT2D eigenvalue weighted by molar-refractivity contribution is 7.99. The van der Waals surface area contributed by atoms with Gasteiger partial charge in [-0.25, -0.2) is 0 Å². The third-order valence-corrected chi connectivity index (χ3v) is 7.24. The number of hydrogen-bond acceptors (Lipinski definition) is 3. The lowest BCUT2D eigenvalue weighted by molar-refractivity contribution is -0.0682. The first-order chi connectivity index (χ1) is 9.75. The van der Waals surface area contributed by atoms with Gasteiger partial charge in [0.25, 0.3) is 0 Å². The lowest BCUT2D eigenvalue weighted by Crippen LogP contribution is -2.56. The number of nitrogens with one attached hydrogen (secondary N) is 1. The molecule has 0 heterocycles. The molecule has 0 amide bonds. The Morgan fingerprint density at radius 1 is 1.15 bits per heavy atom. The van der Waals surface area contributed by atoms with E-state index in [1.54, 1.807) is 26.4 Å². The molecule has 4 rings (SSSR count). The van der Waals surface area contributed by atoms with Crippen molar-refractivity contribution in [1.82, 2.24) is 5.32 Å². The van der Waals surface area contributed by atoms with Gasteiger partial charge in [0, 0.05) is 25.5 Å². The summed E-state index contributed by atoms with van der Waals surface area (Å²) in [7, 11) is 4.00.